The number of aromatic nitrogens is 3. The van der Waals surface area contributed by atoms with Crippen LogP contribution in [-0.2, 0) is 22.6 Å². The van der Waals surface area contributed by atoms with Crippen LogP contribution in [-0.4, -0.2) is 50.1 Å². The zero-order valence-electron chi connectivity index (χ0n) is 16.8. The summed E-state index contributed by atoms with van der Waals surface area (Å²) >= 11 is 0. The van der Waals surface area contributed by atoms with Crippen molar-refractivity contribution in [1.82, 2.24) is 25.0 Å². The standard InChI is InChI=1S/C22H22N6O3/c29-20(25-18-8-6-17(7-9-18)13-27-15-23-14-24-27)12-19-21(30)28(22(31)26-19)11-10-16-4-2-1-3-5-16/h1-9,14-15,19H,10-13H2,(H,25,29)(H,26,31)/t19-/m1/s1. The van der Waals surface area contributed by atoms with Crippen LogP contribution in [0.5, 0.6) is 0 Å². The Morgan fingerprint density at radius 2 is 1.81 bits per heavy atom. The van der Waals surface area contributed by atoms with Gasteiger partial charge in [-0.25, -0.2) is 14.5 Å². The van der Waals surface area contributed by atoms with Crippen molar-refractivity contribution in [2.24, 2.45) is 0 Å². The fourth-order valence-corrected chi connectivity index (χ4v) is 3.40. The van der Waals surface area contributed by atoms with E-state index < -0.39 is 12.1 Å². The Morgan fingerprint density at radius 1 is 1.03 bits per heavy atom. The lowest BCUT2D eigenvalue weighted by Crippen LogP contribution is -2.34. The van der Waals surface area contributed by atoms with E-state index in [9.17, 15) is 14.4 Å². The van der Waals surface area contributed by atoms with E-state index in [0.29, 0.717) is 18.7 Å². The van der Waals surface area contributed by atoms with Crippen molar-refractivity contribution in [3.8, 4) is 0 Å². The van der Waals surface area contributed by atoms with Gasteiger partial charge in [-0.3, -0.25) is 14.5 Å². The van der Waals surface area contributed by atoms with Crippen molar-refractivity contribution in [3.05, 3.63) is 78.4 Å². The highest BCUT2D eigenvalue weighted by Gasteiger charge is 2.38. The minimum Gasteiger partial charge on any atom is -0.326 e. The number of benzene rings is 2. The number of nitrogens with one attached hydrogen (secondary N) is 2. The molecule has 3 aromatic rings. The SMILES string of the molecule is O=C(C[C@H]1NC(=O)N(CCc2ccccc2)C1=O)Nc1ccc(Cn2cncn2)cc1. The highest BCUT2D eigenvalue weighted by atomic mass is 16.2. The molecule has 0 saturated carbocycles. The van der Waals surface area contributed by atoms with Crippen LogP contribution in [0.4, 0.5) is 10.5 Å². The first kappa shape index (κ1) is 20.3. The van der Waals surface area contributed by atoms with Gasteiger partial charge < -0.3 is 10.6 Å². The molecule has 4 amide bonds. The first-order valence-electron chi connectivity index (χ1n) is 9.95. The van der Waals surface area contributed by atoms with E-state index in [1.807, 2.05) is 42.5 Å². The first-order valence-corrected chi connectivity index (χ1v) is 9.95. The predicted octanol–water partition coefficient (Wildman–Crippen LogP) is 1.82. The minimum absolute atomic E-state index is 0.118. The lowest BCUT2D eigenvalue weighted by Gasteiger charge is -2.13. The Labute approximate surface area is 179 Å². The molecule has 4 rings (SSSR count). The lowest BCUT2D eigenvalue weighted by atomic mass is 10.1. The van der Waals surface area contributed by atoms with Crippen molar-refractivity contribution >= 4 is 23.5 Å². The van der Waals surface area contributed by atoms with Gasteiger partial charge in [-0.15, -0.1) is 0 Å². The number of nitrogens with zero attached hydrogens (tertiary/aromatic N) is 4. The van der Waals surface area contributed by atoms with E-state index in [2.05, 4.69) is 20.7 Å². The van der Waals surface area contributed by atoms with E-state index in [-0.39, 0.29) is 24.8 Å². The molecule has 1 aromatic heterocycles. The third kappa shape index (κ3) is 5.13. The summed E-state index contributed by atoms with van der Waals surface area (Å²) in [4.78, 5) is 42.2. The zero-order valence-corrected chi connectivity index (χ0v) is 16.8. The molecule has 1 aliphatic heterocycles. The van der Waals surface area contributed by atoms with Crippen LogP contribution >= 0.6 is 0 Å². The summed E-state index contributed by atoms with van der Waals surface area (Å²) in [7, 11) is 0. The van der Waals surface area contributed by atoms with E-state index in [1.165, 1.54) is 11.2 Å². The first-order chi connectivity index (χ1) is 15.1. The fourth-order valence-electron chi connectivity index (χ4n) is 3.40. The topological polar surface area (TPSA) is 109 Å². The quantitative estimate of drug-likeness (QED) is 0.543. The molecule has 0 aliphatic carbocycles. The molecule has 0 unspecified atom stereocenters. The maximum absolute atomic E-state index is 12.6. The molecule has 0 bridgehead atoms. The van der Waals surface area contributed by atoms with Crippen LogP contribution in [0.2, 0.25) is 0 Å². The molecule has 1 atom stereocenters. The molecule has 0 spiro atoms. The van der Waals surface area contributed by atoms with Crippen molar-refractivity contribution in [3.63, 3.8) is 0 Å². The van der Waals surface area contributed by atoms with Gasteiger partial charge in [0.05, 0.1) is 13.0 Å². The Bertz CT molecular complexity index is 1050. The Balaban J connectivity index is 1.28. The minimum atomic E-state index is -0.852. The van der Waals surface area contributed by atoms with Crippen LogP contribution in [0.25, 0.3) is 0 Å². The number of rotatable bonds is 8. The van der Waals surface area contributed by atoms with Crippen molar-refractivity contribution < 1.29 is 14.4 Å². The highest BCUT2D eigenvalue weighted by Crippen LogP contribution is 2.14. The summed E-state index contributed by atoms with van der Waals surface area (Å²) in [6, 6.07) is 15.6. The molecule has 2 aromatic carbocycles. The summed E-state index contributed by atoms with van der Waals surface area (Å²) < 4.78 is 1.70. The third-order valence-electron chi connectivity index (χ3n) is 5.01. The van der Waals surface area contributed by atoms with Gasteiger partial charge in [0.2, 0.25) is 5.91 Å². The van der Waals surface area contributed by atoms with E-state index >= 15 is 0 Å². The molecule has 9 heteroatoms. The van der Waals surface area contributed by atoms with Gasteiger partial charge in [0.25, 0.3) is 5.91 Å². The van der Waals surface area contributed by atoms with Gasteiger partial charge in [-0.1, -0.05) is 42.5 Å². The Kier molecular flexibility index (Phi) is 6.02. The Morgan fingerprint density at radius 3 is 2.52 bits per heavy atom. The predicted molar refractivity (Wildman–Crippen MR) is 113 cm³/mol. The molecule has 2 heterocycles. The maximum atomic E-state index is 12.6. The van der Waals surface area contributed by atoms with Crippen LogP contribution in [0.15, 0.2) is 67.3 Å². The number of anilines is 1. The normalized spacial score (nSPS) is 15.7. The molecule has 1 aliphatic rings. The van der Waals surface area contributed by atoms with Gasteiger partial charge in [-0.2, -0.15) is 5.10 Å². The number of urea groups is 1. The average molecular weight is 418 g/mol. The van der Waals surface area contributed by atoms with Crippen LogP contribution in [0, 0.1) is 0 Å². The summed E-state index contributed by atoms with van der Waals surface area (Å²) in [5.74, 6) is -0.716. The summed E-state index contributed by atoms with van der Waals surface area (Å²) in [6.45, 7) is 0.857. The highest BCUT2D eigenvalue weighted by molar-refractivity contribution is 6.06. The van der Waals surface area contributed by atoms with Crippen LogP contribution in [0.3, 0.4) is 0 Å². The second-order valence-electron chi connectivity index (χ2n) is 7.27. The van der Waals surface area contributed by atoms with E-state index in [0.717, 1.165) is 11.1 Å². The van der Waals surface area contributed by atoms with Gasteiger partial charge >= 0.3 is 6.03 Å². The summed E-state index contributed by atoms with van der Waals surface area (Å²) in [5, 5.41) is 9.42. The fraction of sp³-hybridized carbons (Fsp3) is 0.227. The van der Waals surface area contributed by atoms with E-state index in [4.69, 9.17) is 0 Å². The smallest absolute Gasteiger partial charge is 0.324 e. The molecule has 1 fully saturated rings. The molecule has 9 nitrogen and oxygen atoms in total. The number of carbonyl (C=O) groups excluding carboxylic acids is 3. The van der Waals surface area contributed by atoms with Gasteiger partial charge in [0, 0.05) is 12.2 Å². The second-order valence-corrected chi connectivity index (χ2v) is 7.27. The molecule has 0 radical (unpaired) electrons. The van der Waals surface area contributed by atoms with Gasteiger partial charge in [-0.05, 0) is 29.7 Å². The number of amides is 4. The zero-order chi connectivity index (χ0) is 21.6. The van der Waals surface area contributed by atoms with Crippen LogP contribution < -0.4 is 10.6 Å². The van der Waals surface area contributed by atoms with Crippen molar-refractivity contribution in [2.45, 2.75) is 25.4 Å². The number of carbonyl (C=O) groups is 3. The lowest BCUT2D eigenvalue weighted by molar-refractivity contribution is -0.129. The summed E-state index contributed by atoms with van der Waals surface area (Å²) in [6.07, 6.45) is 3.55. The van der Waals surface area contributed by atoms with Gasteiger partial charge in [0.15, 0.2) is 0 Å². The molecular formula is C22H22N6O3. The third-order valence-corrected chi connectivity index (χ3v) is 5.01. The molecule has 158 valence electrons. The number of hydrogen-bond donors (Lipinski definition) is 2. The number of imide groups is 1. The maximum Gasteiger partial charge on any atom is 0.324 e. The largest absolute Gasteiger partial charge is 0.326 e. The molecular weight excluding hydrogens is 396 g/mol. The molecule has 31 heavy (non-hydrogen) atoms. The molecule has 1 saturated heterocycles. The molecule has 2 N–H and O–H groups in total. The second kappa shape index (κ2) is 9.21. The average Bonchev–Trinajstić information content (AvgIpc) is 3.37. The van der Waals surface area contributed by atoms with E-state index in [1.54, 1.807) is 23.1 Å². The summed E-state index contributed by atoms with van der Waals surface area (Å²) in [5.41, 5.74) is 2.66. The van der Waals surface area contributed by atoms with Crippen molar-refractivity contribution in [2.75, 3.05) is 11.9 Å². The monoisotopic (exact) mass is 418 g/mol. The van der Waals surface area contributed by atoms with Crippen LogP contribution in [0.1, 0.15) is 17.5 Å². The number of hydrogen-bond acceptors (Lipinski definition) is 5. The Hall–Kier alpha value is -4.01. The van der Waals surface area contributed by atoms with Gasteiger partial charge in [0.1, 0.15) is 18.7 Å². The van der Waals surface area contributed by atoms with Crippen molar-refractivity contribution in [1.29, 1.82) is 0 Å².